The molecule has 0 aromatic carbocycles. The van der Waals surface area contributed by atoms with Crippen LogP contribution in [0.1, 0.15) is 34.6 Å². The number of nitrogens with zero attached hydrogens (tertiary/aromatic N) is 2. The molecule has 0 spiro atoms. The van der Waals surface area contributed by atoms with Gasteiger partial charge in [0.1, 0.15) is 0 Å². The fourth-order valence-electron chi connectivity index (χ4n) is 2.31. The van der Waals surface area contributed by atoms with Crippen molar-refractivity contribution in [2.24, 2.45) is 4.99 Å². The number of sulfone groups is 1. The Morgan fingerprint density at radius 1 is 1.24 bits per heavy atom. The van der Waals surface area contributed by atoms with Gasteiger partial charge >= 0.3 is 0 Å². The Bertz CT molecular complexity index is 500. The Morgan fingerprint density at radius 3 is 2.36 bits per heavy atom. The van der Waals surface area contributed by atoms with Gasteiger partial charge < -0.3 is 15.4 Å². The van der Waals surface area contributed by atoms with Crippen molar-refractivity contribution >= 4 is 39.8 Å². The van der Waals surface area contributed by atoms with Crippen molar-refractivity contribution in [1.29, 1.82) is 0 Å². The molecular weight excluding hydrogens is 455 g/mol. The summed E-state index contributed by atoms with van der Waals surface area (Å²) in [5, 5.41) is 6.29. The van der Waals surface area contributed by atoms with Crippen molar-refractivity contribution < 1.29 is 13.2 Å². The van der Waals surface area contributed by atoms with Gasteiger partial charge in [-0.2, -0.15) is 0 Å². The predicted molar refractivity (Wildman–Crippen MR) is 115 cm³/mol. The molecule has 1 unspecified atom stereocenters. The van der Waals surface area contributed by atoms with E-state index in [1.54, 1.807) is 20.8 Å². The van der Waals surface area contributed by atoms with E-state index < -0.39 is 14.6 Å². The van der Waals surface area contributed by atoms with Gasteiger partial charge in [-0.05, 0) is 34.6 Å². The molecule has 0 aliphatic carbocycles. The minimum absolute atomic E-state index is 0. The van der Waals surface area contributed by atoms with Crippen LogP contribution in [-0.4, -0.2) is 81.8 Å². The van der Waals surface area contributed by atoms with E-state index in [1.165, 1.54) is 0 Å². The number of aliphatic imine (C=N–C) groups is 1. The number of halogens is 1. The zero-order valence-corrected chi connectivity index (χ0v) is 19.3. The van der Waals surface area contributed by atoms with Gasteiger partial charge in [-0.3, -0.25) is 9.89 Å². The lowest BCUT2D eigenvalue weighted by Crippen LogP contribution is -2.45. The third-order valence-corrected chi connectivity index (χ3v) is 6.73. The van der Waals surface area contributed by atoms with Crippen molar-refractivity contribution in [1.82, 2.24) is 15.5 Å². The third kappa shape index (κ3) is 8.87. The summed E-state index contributed by atoms with van der Waals surface area (Å²) >= 11 is 0. The van der Waals surface area contributed by atoms with E-state index in [1.807, 2.05) is 6.92 Å². The molecule has 0 amide bonds. The second-order valence-corrected chi connectivity index (χ2v) is 9.94. The van der Waals surface area contributed by atoms with Crippen LogP contribution >= 0.6 is 24.0 Å². The lowest BCUT2D eigenvalue weighted by atomic mass is 10.2. The maximum atomic E-state index is 12.1. The molecule has 0 radical (unpaired) electrons. The van der Waals surface area contributed by atoms with Crippen molar-refractivity contribution in [3.63, 3.8) is 0 Å². The van der Waals surface area contributed by atoms with E-state index in [0.29, 0.717) is 25.1 Å². The van der Waals surface area contributed by atoms with Crippen LogP contribution in [0.5, 0.6) is 0 Å². The molecule has 0 aromatic heterocycles. The summed E-state index contributed by atoms with van der Waals surface area (Å²) in [5.41, 5.74) is 0. The van der Waals surface area contributed by atoms with E-state index >= 15 is 0 Å². The van der Waals surface area contributed by atoms with Crippen molar-refractivity contribution in [2.75, 3.05) is 51.7 Å². The summed E-state index contributed by atoms with van der Waals surface area (Å²) in [5.74, 6) is 0.765. The first-order valence-electron chi connectivity index (χ1n) is 8.73. The van der Waals surface area contributed by atoms with Crippen molar-refractivity contribution in [2.45, 2.75) is 45.4 Å². The second-order valence-electron chi connectivity index (χ2n) is 7.08. The molecule has 2 N–H and O–H groups in total. The van der Waals surface area contributed by atoms with Gasteiger partial charge in [0.15, 0.2) is 15.8 Å². The molecule has 150 valence electrons. The normalized spacial score (nSPS) is 18.4. The number of nitrogens with one attached hydrogen (secondary N) is 2. The van der Waals surface area contributed by atoms with Gasteiger partial charge in [0, 0.05) is 32.2 Å². The highest BCUT2D eigenvalue weighted by Crippen LogP contribution is 2.15. The Morgan fingerprint density at radius 2 is 1.84 bits per heavy atom. The third-order valence-electron chi connectivity index (χ3n) is 4.12. The number of rotatable bonds is 7. The average molecular weight is 490 g/mol. The van der Waals surface area contributed by atoms with Gasteiger partial charge in [-0.25, -0.2) is 8.42 Å². The topological polar surface area (TPSA) is 83.0 Å². The van der Waals surface area contributed by atoms with Crippen LogP contribution in [0.3, 0.4) is 0 Å². The van der Waals surface area contributed by atoms with Crippen LogP contribution in [0.25, 0.3) is 0 Å². The van der Waals surface area contributed by atoms with Crippen LogP contribution in [0.2, 0.25) is 0 Å². The summed E-state index contributed by atoms with van der Waals surface area (Å²) in [6.45, 7) is 14.5. The minimum Gasteiger partial charge on any atom is -0.379 e. The molecule has 1 fully saturated rings. The van der Waals surface area contributed by atoms with E-state index in [9.17, 15) is 8.42 Å². The smallest absolute Gasteiger partial charge is 0.191 e. The van der Waals surface area contributed by atoms with Gasteiger partial charge in [-0.15, -0.1) is 24.0 Å². The maximum Gasteiger partial charge on any atom is 0.191 e. The van der Waals surface area contributed by atoms with Crippen LogP contribution < -0.4 is 10.6 Å². The number of ether oxygens (including phenoxy) is 1. The fraction of sp³-hybridized carbons (Fsp3) is 0.938. The standard InChI is InChI=1S/C16H34N4O3S.HI/c1-6-17-15(18-7-12-24(21,22)16(3,4)5)19-13-14(2)20-8-10-23-11-9-20;/h14H,6-13H2,1-5H3,(H2,17,18,19);1H. The van der Waals surface area contributed by atoms with Crippen LogP contribution in [-0.2, 0) is 14.6 Å². The number of hydrogen-bond donors (Lipinski definition) is 2. The molecule has 0 aromatic rings. The Balaban J connectivity index is 0.00000576. The molecule has 1 rings (SSSR count). The molecule has 1 aliphatic heterocycles. The highest BCUT2D eigenvalue weighted by Gasteiger charge is 2.28. The van der Waals surface area contributed by atoms with Crippen molar-refractivity contribution in [3.05, 3.63) is 0 Å². The summed E-state index contributed by atoms with van der Waals surface area (Å²) < 4.78 is 28.9. The van der Waals surface area contributed by atoms with E-state index in [4.69, 9.17) is 4.74 Å². The Hall–Kier alpha value is -0.130. The molecule has 1 saturated heterocycles. The zero-order valence-electron chi connectivity index (χ0n) is 16.2. The molecule has 1 atom stereocenters. The van der Waals surface area contributed by atoms with Crippen LogP contribution in [0, 0.1) is 0 Å². The summed E-state index contributed by atoms with van der Waals surface area (Å²) in [4.78, 5) is 6.95. The molecule has 0 bridgehead atoms. The largest absolute Gasteiger partial charge is 0.379 e. The monoisotopic (exact) mass is 490 g/mol. The summed E-state index contributed by atoms with van der Waals surface area (Å²) in [6, 6.07) is 0.336. The molecule has 9 heteroatoms. The SMILES string of the molecule is CCNC(=NCC(C)N1CCOCC1)NCCS(=O)(=O)C(C)(C)C.I. The van der Waals surface area contributed by atoms with E-state index in [2.05, 4.69) is 27.4 Å². The highest BCUT2D eigenvalue weighted by molar-refractivity contribution is 14.0. The quantitative estimate of drug-likeness (QED) is 0.316. The maximum absolute atomic E-state index is 12.1. The van der Waals surface area contributed by atoms with Crippen LogP contribution in [0.4, 0.5) is 0 Å². The molecule has 1 aliphatic rings. The van der Waals surface area contributed by atoms with Gasteiger partial charge in [0.05, 0.1) is 30.3 Å². The average Bonchev–Trinajstić information content (AvgIpc) is 2.52. The second kappa shape index (κ2) is 11.6. The van der Waals surface area contributed by atoms with E-state index in [0.717, 1.165) is 32.8 Å². The first-order valence-corrected chi connectivity index (χ1v) is 10.4. The first kappa shape index (κ1) is 24.9. The lowest BCUT2D eigenvalue weighted by molar-refractivity contribution is 0.0220. The molecule has 7 nitrogen and oxygen atoms in total. The predicted octanol–water partition coefficient (Wildman–Crippen LogP) is 1.09. The van der Waals surface area contributed by atoms with Gasteiger partial charge in [-0.1, -0.05) is 0 Å². The number of hydrogen-bond acceptors (Lipinski definition) is 5. The Kier molecular flexibility index (Phi) is 11.5. The lowest BCUT2D eigenvalue weighted by Gasteiger charge is -2.31. The van der Waals surface area contributed by atoms with Crippen molar-refractivity contribution in [3.8, 4) is 0 Å². The Labute approximate surface area is 170 Å². The molecule has 1 heterocycles. The van der Waals surface area contributed by atoms with Gasteiger partial charge in [0.2, 0.25) is 0 Å². The highest BCUT2D eigenvalue weighted by atomic mass is 127. The first-order chi connectivity index (χ1) is 11.2. The summed E-state index contributed by atoms with van der Waals surface area (Å²) in [7, 11) is -3.12. The molecular formula is C16H35IN4O3S. The number of guanidine groups is 1. The molecule has 0 saturated carbocycles. The minimum atomic E-state index is -3.12. The summed E-state index contributed by atoms with van der Waals surface area (Å²) in [6.07, 6.45) is 0. The zero-order chi connectivity index (χ0) is 18.2. The molecule has 25 heavy (non-hydrogen) atoms. The number of morpholine rings is 1. The van der Waals surface area contributed by atoms with Crippen LogP contribution in [0.15, 0.2) is 4.99 Å². The van der Waals surface area contributed by atoms with E-state index in [-0.39, 0.29) is 29.7 Å². The fourth-order valence-corrected chi connectivity index (χ4v) is 3.29. The van der Waals surface area contributed by atoms with Gasteiger partial charge in [0.25, 0.3) is 0 Å².